The fraction of sp³-hybridized carbons (Fsp3) is 0.400. The summed E-state index contributed by atoms with van der Waals surface area (Å²) in [4.78, 5) is 11.6. The number of nitrogens with two attached hydrogens (primary N) is 1. The van der Waals surface area contributed by atoms with E-state index in [-0.39, 0.29) is 5.91 Å². The lowest BCUT2D eigenvalue weighted by Gasteiger charge is -2.08. The summed E-state index contributed by atoms with van der Waals surface area (Å²) in [5.74, 6) is 0.652. The smallest absolute Gasteiger partial charge is 0.244 e. The Balaban J connectivity index is 1.79. The van der Waals surface area contributed by atoms with E-state index in [0.717, 1.165) is 12.1 Å². The van der Waals surface area contributed by atoms with Crippen molar-refractivity contribution in [2.75, 3.05) is 12.3 Å². The molecule has 1 fully saturated rings. The second-order valence-corrected chi connectivity index (χ2v) is 4.90. The van der Waals surface area contributed by atoms with E-state index in [9.17, 15) is 4.79 Å². The Hall–Kier alpha value is -1.77. The van der Waals surface area contributed by atoms with Crippen molar-refractivity contribution in [2.45, 2.75) is 25.7 Å². The van der Waals surface area contributed by atoms with Crippen molar-refractivity contribution in [1.29, 1.82) is 0 Å². The molecule has 0 spiro atoms. The van der Waals surface area contributed by atoms with Crippen molar-refractivity contribution < 1.29 is 4.79 Å². The normalized spacial score (nSPS) is 16.2. The van der Waals surface area contributed by atoms with Crippen LogP contribution < -0.4 is 11.1 Å². The first-order valence-electron chi connectivity index (χ1n) is 6.55. The lowest BCUT2D eigenvalue weighted by molar-refractivity contribution is -0.116. The summed E-state index contributed by atoms with van der Waals surface area (Å²) in [5, 5.41) is 2.95. The van der Waals surface area contributed by atoms with Gasteiger partial charge in [0.05, 0.1) is 0 Å². The summed E-state index contributed by atoms with van der Waals surface area (Å²) in [6.07, 6.45) is 8.47. The molecule has 1 aliphatic carbocycles. The molecule has 0 unspecified atom stereocenters. The Morgan fingerprint density at radius 2 is 2.17 bits per heavy atom. The van der Waals surface area contributed by atoms with E-state index in [2.05, 4.69) is 5.32 Å². The van der Waals surface area contributed by atoms with Crippen molar-refractivity contribution in [3.05, 3.63) is 35.9 Å². The Bertz CT molecular complexity index is 434. The molecule has 0 radical (unpaired) electrons. The molecule has 1 aliphatic rings. The lowest BCUT2D eigenvalue weighted by Crippen LogP contribution is -2.26. The molecule has 0 aliphatic heterocycles. The zero-order chi connectivity index (χ0) is 12.8. The molecule has 1 aromatic carbocycles. The van der Waals surface area contributed by atoms with E-state index in [1.807, 2.05) is 24.3 Å². The highest BCUT2D eigenvalue weighted by Gasteiger charge is 2.14. The summed E-state index contributed by atoms with van der Waals surface area (Å²) in [6, 6.07) is 7.49. The highest BCUT2D eigenvalue weighted by Crippen LogP contribution is 2.23. The van der Waals surface area contributed by atoms with E-state index in [0.29, 0.717) is 11.6 Å². The van der Waals surface area contributed by atoms with E-state index in [1.54, 1.807) is 12.2 Å². The molecule has 18 heavy (non-hydrogen) atoms. The summed E-state index contributed by atoms with van der Waals surface area (Å²) in [5.41, 5.74) is 7.33. The molecule has 0 heterocycles. The number of carbonyl (C=O) groups excluding carboxylic acids is 1. The van der Waals surface area contributed by atoms with Crippen LogP contribution in [0, 0.1) is 5.92 Å². The molecule has 1 saturated carbocycles. The predicted octanol–water partition coefficient (Wildman–Crippen LogP) is 2.59. The monoisotopic (exact) mass is 244 g/mol. The van der Waals surface area contributed by atoms with Gasteiger partial charge in [-0.3, -0.25) is 4.79 Å². The van der Waals surface area contributed by atoms with Gasteiger partial charge in [0.15, 0.2) is 0 Å². The molecule has 96 valence electrons. The van der Waals surface area contributed by atoms with Crippen molar-refractivity contribution in [3.8, 4) is 0 Å². The maximum atomic E-state index is 11.6. The third-order valence-electron chi connectivity index (χ3n) is 3.38. The number of rotatable bonds is 4. The largest absolute Gasteiger partial charge is 0.399 e. The number of hydrogen-bond donors (Lipinski definition) is 2. The maximum absolute atomic E-state index is 11.6. The average molecular weight is 244 g/mol. The van der Waals surface area contributed by atoms with Gasteiger partial charge < -0.3 is 11.1 Å². The van der Waals surface area contributed by atoms with Crippen molar-refractivity contribution >= 4 is 17.7 Å². The Morgan fingerprint density at radius 3 is 2.89 bits per heavy atom. The quantitative estimate of drug-likeness (QED) is 0.632. The molecule has 2 rings (SSSR count). The van der Waals surface area contributed by atoms with E-state index >= 15 is 0 Å². The van der Waals surface area contributed by atoms with Crippen LogP contribution in [-0.2, 0) is 4.79 Å². The molecule has 3 N–H and O–H groups in total. The second-order valence-electron chi connectivity index (χ2n) is 4.90. The van der Waals surface area contributed by atoms with Crippen LogP contribution in [0.1, 0.15) is 31.2 Å². The molecule has 0 aromatic heterocycles. The molecular formula is C15H20N2O. The SMILES string of the molecule is Nc1cccc(/C=C/C(=O)NCC2CCCC2)c1. The topological polar surface area (TPSA) is 55.1 Å². The Kier molecular flexibility index (Phi) is 4.40. The zero-order valence-corrected chi connectivity index (χ0v) is 10.6. The van der Waals surface area contributed by atoms with Gasteiger partial charge in [-0.2, -0.15) is 0 Å². The first-order valence-corrected chi connectivity index (χ1v) is 6.55. The van der Waals surface area contributed by atoms with Gasteiger partial charge >= 0.3 is 0 Å². The first kappa shape index (κ1) is 12.7. The Labute approximate surface area is 108 Å². The molecule has 0 saturated heterocycles. The van der Waals surface area contributed by atoms with Gasteiger partial charge in [-0.1, -0.05) is 25.0 Å². The van der Waals surface area contributed by atoms with E-state index in [1.165, 1.54) is 25.7 Å². The zero-order valence-electron chi connectivity index (χ0n) is 10.6. The third kappa shape index (κ3) is 3.91. The van der Waals surface area contributed by atoms with Crippen LogP contribution in [0.15, 0.2) is 30.3 Å². The van der Waals surface area contributed by atoms with Crippen LogP contribution in [0.3, 0.4) is 0 Å². The summed E-state index contributed by atoms with van der Waals surface area (Å²) >= 11 is 0. The predicted molar refractivity (Wildman–Crippen MR) is 74.9 cm³/mol. The summed E-state index contributed by atoms with van der Waals surface area (Å²) in [7, 11) is 0. The summed E-state index contributed by atoms with van der Waals surface area (Å²) < 4.78 is 0. The molecule has 3 heteroatoms. The first-order chi connectivity index (χ1) is 8.74. The number of amides is 1. The van der Waals surface area contributed by atoms with Gasteiger partial charge in [0.1, 0.15) is 0 Å². The van der Waals surface area contributed by atoms with Gasteiger partial charge in [-0.15, -0.1) is 0 Å². The molecule has 3 nitrogen and oxygen atoms in total. The molecule has 0 atom stereocenters. The van der Waals surface area contributed by atoms with E-state index < -0.39 is 0 Å². The van der Waals surface area contributed by atoms with Crippen LogP contribution in [0.2, 0.25) is 0 Å². The lowest BCUT2D eigenvalue weighted by atomic mass is 10.1. The van der Waals surface area contributed by atoms with Gasteiger partial charge in [0.25, 0.3) is 0 Å². The van der Waals surface area contributed by atoms with Gasteiger partial charge in [-0.25, -0.2) is 0 Å². The minimum absolute atomic E-state index is 0.0238. The van der Waals surface area contributed by atoms with Gasteiger partial charge in [-0.05, 0) is 42.5 Å². The standard InChI is InChI=1S/C15H20N2O/c16-14-7-3-6-12(10-14)8-9-15(18)17-11-13-4-1-2-5-13/h3,6-10,13H,1-2,4-5,11,16H2,(H,17,18)/b9-8+. The molecule has 1 aromatic rings. The van der Waals surface area contributed by atoms with E-state index in [4.69, 9.17) is 5.73 Å². The highest BCUT2D eigenvalue weighted by molar-refractivity contribution is 5.91. The van der Waals surface area contributed by atoms with Crippen molar-refractivity contribution in [2.24, 2.45) is 5.92 Å². The number of nitrogens with one attached hydrogen (secondary N) is 1. The second kappa shape index (κ2) is 6.24. The fourth-order valence-corrected chi connectivity index (χ4v) is 2.35. The molecular weight excluding hydrogens is 224 g/mol. The maximum Gasteiger partial charge on any atom is 0.244 e. The number of anilines is 1. The summed E-state index contributed by atoms with van der Waals surface area (Å²) in [6.45, 7) is 0.806. The number of hydrogen-bond acceptors (Lipinski definition) is 2. The van der Waals surface area contributed by atoms with Crippen LogP contribution in [-0.4, -0.2) is 12.5 Å². The molecule has 0 bridgehead atoms. The third-order valence-corrected chi connectivity index (χ3v) is 3.38. The minimum atomic E-state index is -0.0238. The van der Waals surface area contributed by atoms with Crippen LogP contribution in [0.4, 0.5) is 5.69 Å². The minimum Gasteiger partial charge on any atom is -0.399 e. The number of nitrogen functional groups attached to an aromatic ring is 1. The highest BCUT2D eigenvalue weighted by atomic mass is 16.1. The fourth-order valence-electron chi connectivity index (χ4n) is 2.35. The number of benzene rings is 1. The Morgan fingerprint density at radius 1 is 1.39 bits per heavy atom. The van der Waals surface area contributed by atoms with Crippen LogP contribution in [0.25, 0.3) is 6.08 Å². The van der Waals surface area contributed by atoms with Crippen LogP contribution >= 0.6 is 0 Å². The molecule has 1 amide bonds. The van der Waals surface area contributed by atoms with Gasteiger partial charge in [0, 0.05) is 18.3 Å². The number of carbonyl (C=O) groups is 1. The van der Waals surface area contributed by atoms with Crippen molar-refractivity contribution in [3.63, 3.8) is 0 Å². The average Bonchev–Trinajstić information content (AvgIpc) is 2.87. The van der Waals surface area contributed by atoms with Gasteiger partial charge in [0.2, 0.25) is 5.91 Å². The van der Waals surface area contributed by atoms with Crippen molar-refractivity contribution in [1.82, 2.24) is 5.32 Å². The van der Waals surface area contributed by atoms with Crippen LogP contribution in [0.5, 0.6) is 0 Å².